The van der Waals surface area contributed by atoms with Gasteiger partial charge in [-0.25, -0.2) is 9.18 Å². The van der Waals surface area contributed by atoms with Crippen LogP contribution in [0.4, 0.5) is 10.1 Å². The first-order valence-electron chi connectivity index (χ1n) is 5.98. The summed E-state index contributed by atoms with van der Waals surface area (Å²) in [6.45, 7) is -0.418. The van der Waals surface area contributed by atoms with E-state index in [1.165, 1.54) is 30.3 Å². The molecule has 0 N–H and O–H groups in total. The second kappa shape index (κ2) is 6.86. The van der Waals surface area contributed by atoms with E-state index in [1.807, 2.05) is 0 Å². The van der Waals surface area contributed by atoms with Crippen molar-refractivity contribution in [3.63, 3.8) is 0 Å². The molecule has 0 amide bonds. The molecule has 0 unspecified atom stereocenters. The summed E-state index contributed by atoms with van der Waals surface area (Å²) in [6, 6.07) is 8.56. The summed E-state index contributed by atoms with van der Waals surface area (Å²) >= 11 is 5.79. The SMILES string of the molecule is O=C(COc1ccc(F)cc1)Oc1ccc([N+](=O)[O-])cc1Cl. The summed E-state index contributed by atoms with van der Waals surface area (Å²) in [5, 5.41) is 10.5. The first-order valence-corrected chi connectivity index (χ1v) is 6.36. The third kappa shape index (κ3) is 4.16. The number of nitro benzene ring substituents is 1. The van der Waals surface area contributed by atoms with Gasteiger partial charge in [0, 0.05) is 12.1 Å². The van der Waals surface area contributed by atoms with Gasteiger partial charge in [-0.05, 0) is 30.3 Å². The van der Waals surface area contributed by atoms with Crippen LogP contribution in [0.2, 0.25) is 5.02 Å². The third-order valence-corrected chi connectivity index (χ3v) is 2.82. The average molecular weight is 326 g/mol. The largest absolute Gasteiger partial charge is 0.482 e. The highest BCUT2D eigenvalue weighted by Gasteiger charge is 2.13. The molecule has 0 atom stereocenters. The quantitative estimate of drug-likeness (QED) is 0.364. The average Bonchev–Trinajstić information content (AvgIpc) is 2.48. The molecule has 0 aromatic heterocycles. The Morgan fingerprint density at radius 3 is 2.50 bits per heavy atom. The molecule has 0 fully saturated rings. The maximum absolute atomic E-state index is 12.7. The maximum atomic E-state index is 12.7. The Morgan fingerprint density at radius 1 is 1.23 bits per heavy atom. The van der Waals surface area contributed by atoms with E-state index in [0.29, 0.717) is 5.75 Å². The van der Waals surface area contributed by atoms with Crippen LogP contribution in [0.3, 0.4) is 0 Å². The fourth-order valence-electron chi connectivity index (χ4n) is 1.51. The molecule has 2 aromatic carbocycles. The number of hydrogen-bond donors (Lipinski definition) is 0. The molecule has 22 heavy (non-hydrogen) atoms. The summed E-state index contributed by atoms with van der Waals surface area (Å²) in [7, 11) is 0. The predicted molar refractivity (Wildman–Crippen MR) is 75.6 cm³/mol. The minimum Gasteiger partial charge on any atom is -0.482 e. The van der Waals surface area contributed by atoms with Gasteiger partial charge >= 0.3 is 5.97 Å². The van der Waals surface area contributed by atoms with Crippen LogP contribution in [0.15, 0.2) is 42.5 Å². The molecular formula is C14H9ClFNO5. The second-order valence-electron chi connectivity index (χ2n) is 4.09. The number of carbonyl (C=O) groups is 1. The highest BCUT2D eigenvalue weighted by molar-refractivity contribution is 6.32. The van der Waals surface area contributed by atoms with Gasteiger partial charge in [0.25, 0.3) is 5.69 Å². The van der Waals surface area contributed by atoms with Crippen molar-refractivity contribution in [3.8, 4) is 11.5 Å². The number of nitro groups is 1. The highest BCUT2D eigenvalue weighted by Crippen LogP contribution is 2.28. The lowest BCUT2D eigenvalue weighted by molar-refractivity contribution is -0.384. The zero-order valence-corrected chi connectivity index (χ0v) is 11.7. The van der Waals surface area contributed by atoms with Gasteiger partial charge in [-0.3, -0.25) is 10.1 Å². The molecule has 0 bridgehead atoms. The van der Waals surface area contributed by atoms with E-state index < -0.39 is 23.3 Å². The van der Waals surface area contributed by atoms with Crippen LogP contribution >= 0.6 is 11.6 Å². The van der Waals surface area contributed by atoms with Crippen molar-refractivity contribution in [2.45, 2.75) is 0 Å². The Balaban J connectivity index is 1.94. The molecule has 8 heteroatoms. The van der Waals surface area contributed by atoms with Crippen molar-refractivity contribution in [1.29, 1.82) is 0 Å². The fourth-order valence-corrected chi connectivity index (χ4v) is 1.72. The summed E-state index contributed by atoms with van der Waals surface area (Å²) in [4.78, 5) is 21.6. The second-order valence-corrected chi connectivity index (χ2v) is 4.50. The summed E-state index contributed by atoms with van der Waals surface area (Å²) in [5.41, 5.74) is -0.215. The number of halogens is 2. The van der Waals surface area contributed by atoms with E-state index in [-0.39, 0.29) is 16.5 Å². The highest BCUT2D eigenvalue weighted by atomic mass is 35.5. The zero-order chi connectivity index (χ0) is 16.1. The molecule has 0 saturated carbocycles. The molecule has 2 aromatic rings. The molecule has 6 nitrogen and oxygen atoms in total. The van der Waals surface area contributed by atoms with Crippen molar-refractivity contribution in [3.05, 3.63) is 63.4 Å². The van der Waals surface area contributed by atoms with E-state index in [0.717, 1.165) is 12.1 Å². The maximum Gasteiger partial charge on any atom is 0.349 e. The van der Waals surface area contributed by atoms with Gasteiger partial charge in [0.1, 0.15) is 17.3 Å². The summed E-state index contributed by atoms with van der Waals surface area (Å²) in [5.74, 6) is -0.888. The van der Waals surface area contributed by atoms with Crippen LogP contribution in [0.1, 0.15) is 0 Å². The van der Waals surface area contributed by atoms with Gasteiger partial charge in [0.05, 0.1) is 9.95 Å². The number of non-ortho nitro benzene ring substituents is 1. The Bertz CT molecular complexity index is 705. The number of ether oxygens (including phenoxy) is 2. The number of benzene rings is 2. The molecule has 0 spiro atoms. The van der Waals surface area contributed by atoms with E-state index >= 15 is 0 Å². The Kier molecular flexibility index (Phi) is 4.90. The minimum absolute atomic E-state index is 0.0139. The van der Waals surface area contributed by atoms with Crippen molar-refractivity contribution >= 4 is 23.3 Å². The third-order valence-electron chi connectivity index (χ3n) is 2.52. The number of hydrogen-bond acceptors (Lipinski definition) is 5. The molecule has 2 rings (SSSR count). The summed E-state index contributed by atoms with van der Waals surface area (Å²) in [6.07, 6.45) is 0. The van der Waals surface area contributed by atoms with Gasteiger partial charge in [0.15, 0.2) is 6.61 Å². The Labute approximate surface area is 129 Å². The molecule has 0 heterocycles. The standard InChI is InChI=1S/C14H9ClFNO5/c15-12-7-10(17(19)20)3-6-13(12)22-14(18)8-21-11-4-1-9(16)2-5-11/h1-7H,8H2. The summed E-state index contributed by atoms with van der Waals surface area (Å²) < 4.78 is 22.7. The lowest BCUT2D eigenvalue weighted by Gasteiger charge is -2.07. The Hall–Kier alpha value is -2.67. The number of carbonyl (C=O) groups excluding carboxylic acids is 1. The molecule has 114 valence electrons. The van der Waals surface area contributed by atoms with Crippen molar-refractivity contribution in [1.82, 2.24) is 0 Å². The van der Waals surface area contributed by atoms with Crippen LogP contribution in [-0.2, 0) is 4.79 Å². The van der Waals surface area contributed by atoms with Gasteiger partial charge in [-0.15, -0.1) is 0 Å². The number of nitrogens with zero attached hydrogens (tertiary/aromatic N) is 1. The Morgan fingerprint density at radius 2 is 1.91 bits per heavy atom. The van der Waals surface area contributed by atoms with E-state index in [9.17, 15) is 19.3 Å². The van der Waals surface area contributed by atoms with Crippen molar-refractivity contribution < 1.29 is 23.6 Å². The molecule has 0 aliphatic rings. The van der Waals surface area contributed by atoms with Crippen LogP contribution < -0.4 is 9.47 Å². The van der Waals surface area contributed by atoms with Gasteiger partial charge in [-0.1, -0.05) is 11.6 Å². The first kappa shape index (κ1) is 15.7. The van der Waals surface area contributed by atoms with Crippen LogP contribution in [-0.4, -0.2) is 17.5 Å². The van der Waals surface area contributed by atoms with Crippen molar-refractivity contribution in [2.75, 3.05) is 6.61 Å². The van der Waals surface area contributed by atoms with E-state index in [4.69, 9.17) is 21.1 Å². The van der Waals surface area contributed by atoms with Crippen LogP contribution in [0.5, 0.6) is 11.5 Å². The van der Waals surface area contributed by atoms with E-state index in [2.05, 4.69) is 0 Å². The molecule has 0 aliphatic heterocycles. The fraction of sp³-hybridized carbons (Fsp3) is 0.0714. The number of esters is 1. The monoisotopic (exact) mass is 325 g/mol. The van der Waals surface area contributed by atoms with Crippen LogP contribution in [0, 0.1) is 15.9 Å². The molecule has 0 aliphatic carbocycles. The molecular weight excluding hydrogens is 317 g/mol. The number of rotatable bonds is 5. The van der Waals surface area contributed by atoms with Crippen molar-refractivity contribution in [2.24, 2.45) is 0 Å². The van der Waals surface area contributed by atoms with Gasteiger partial charge in [0.2, 0.25) is 0 Å². The lowest BCUT2D eigenvalue weighted by Crippen LogP contribution is -2.17. The molecule has 0 radical (unpaired) electrons. The van der Waals surface area contributed by atoms with E-state index in [1.54, 1.807) is 0 Å². The van der Waals surface area contributed by atoms with Crippen LogP contribution in [0.25, 0.3) is 0 Å². The normalized spacial score (nSPS) is 10.1. The predicted octanol–water partition coefficient (Wildman–Crippen LogP) is 3.37. The molecule has 0 saturated heterocycles. The smallest absolute Gasteiger partial charge is 0.349 e. The van der Waals surface area contributed by atoms with Gasteiger partial charge < -0.3 is 9.47 Å². The topological polar surface area (TPSA) is 78.7 Å². The first-order chi connectivity index (χ1) is 10.5. The zero-order valence-electron chi connectivity index (χ0n) is 11.0. The minimum atomic E-state index is -0.750. The van der Waals surface area contributed by atoms with Gasteiger partial charge in [-0.2, -0.15) is 0 Å². The lowest BCUT2D eigenvalue weighted by atomic mass is 10.3.